The molecule has 0 saturated carbocycles. The lowest BCUT2D eigenvalue weighted by molar-refractivity contribution is -0.0504. The summed E-state index contributed by atoms with van der Waals surface area (Å²) < 4.78 is 34.9. The number of ether oxygens (including phenoxy) is 2. The Morgan fingerprint density at radius 3 is 2.84 bits per heavy atom. The van der Waals surface area contributed by atoms with Gasteiger partial charge in [0.1, 0.15) is 5.75 Å². The van der Waals surface area contributed by atoms with E-state index in [-0.39, 0.29) is 36.3 Å². The SMILES string of the molecule is CCNC(=NCc1ccccc1OC(F)F)N(C)CC1CCOC1.I. The summed E-state index contributed by atoms with van der Waals surface area (Å²) >= 11 is 0. The van der Waals surface area contributed by atoms with Gasteiger partial charge in [0, 0.05) is 38.2 Å². The number of aliphatic imine (C=N–C) groups is 1. The number of halogens is 3. The zero-order valence-corrected chi connectivity index (χ0v) is 16.9. The van der Waals surface area contributed by atoms with E-state index in [1.807, 2.05) is 14.0 Å². The highest BCUT2D eigenvalue weighted by atomic mass is 127. The number of rotatable bonds is 7. The molecule has 1 atom stereocenters. The molecular formula is C17H26F2IN3O2. The average Bonchev–Trinajstić information content (AvgIpc) is 3.05. The predicted octanol–water partition coefficient (Wildman–Crippen LogP) is 3.34. The third-order valence-electron chi connectivity index (χ3n) is 3.84. The predicted molar refractivity (Wildman–Crippen MR) is 105 cm³/mol. The average molecular weight is 469 g/mol. The van der Waals surface area contributed by atoms with Crippen LogP contribution in [0.2, 0.25) is 0 Å². The molecule has 1 unspecified atom stereocenters. The molecule has 1 aromatic rings. The van der Waals surface area contributed by atoms with E-state index in [2.05, 4.69) is 19.9 Å². The van der Waals surface area contributed by atoms with Gasteiger partial charge in [0.25, 0.3) is 0 Å². The lowest BCUT2D eigenvalue weighted by Crippen LogP contribution is -2.41. The fourth-order valence-corrected chi connectivity index (χ4v) is 2.68. The van der Waals surface area contributed by atoms with Crippen molar-refractivity contribution in [2.24, 2.45) is 10.9 Å². The van der Waals surface area contributed by atoms with Crippen LogP contribution in [0.5, 0.6) is 5.75 Å². The van der Waals surface area contributed by atoms with Crippen LogP contribution in [0.4, 0.5) is 8.78 Å². The van der Waals surface area contributed by atoms with E-state index in [1.54, 1.807) is 18.2 Å². The lowest BCUT2D eigenvalue weighted by atomic mass is 10.1. The van der Waals surface area contributed by atoms with Gasteiger partial charge in [0.05, 0.1) is 13.2 Å². The molecule has 1 aliphatic heterocycles. The van der Waals surface area contributed by atoms with E-state index in [0.717, 1.165) is 38.7 Å². The van der Waals surface area contributed by atoms with Crippen molar-refractivity contribution in [3.05, 3.63) is 29.8 Å². The van der Waals surface area contributed by atoms with Crippen molar-refractivity contribution in [2.45, 2.75) is 26.5 Å². The first-order chi connectivity index (χ1) is 11.6. The van der Waals surface area contributed by atoms with Gasteiger partial charge in [-0.3, -0.25) is 0 Å². The molecule has 1 fully saturated rings. The van der Waals surface area contributed by atoms with E-state index in [9.17, 15) is 8.78 Å². The van der Waals surface area contributed by atoms with Crippen molar-refractivity contribution in [1.82, 2.24) is 10.2 Å². The fourth-order valence-electron chi connectivity index (χ4n) is 2.68. The summed E-state index contributed by atoms with van der Waals surface area (Å²) in [4.78, 5) is 6.61. The quantitative estimate of drug-likeness (QED) is 0.378. The van der Waals surface area contributed by atoms with Crippen LogP contribution >= 0.6 is 24.0 Å². The third kappa shape index (κ3) is 7.31. The first kappa shape index (κ1) is 21.9. The molecule has 0 bridgehead atoms. The second-order valence-electron chi connectivity index (χ2n) is 5.77. The van der Waals surface area contributed by atoms with Crippen LogP contribution in [-0.2, 0) is 11.3 Å². The van der Waals surface area contributed by atoms with E-state index in [4.69, 9.17) is 4.74 Å². The molecule has 0 radical (unpaired) electrons. The molecular weight excluding hydrogens is 443 g/mol. The second-order valence-corrected chi connectivity index (χ2v) is 5.77. The van der Waals surface area contributed by atoms with Gasteiger partial charge in [0.15, 0.2) is 5.96 Å². The molecule has 0 aliphatic carbocycles. The summed E-state index contributed by atoms with van der Waals surface area (Å²) in [6.45, 7) is 2.60. The molecule has 8 heteroatoms. The second kappa shape index (κ2) is 11.5. The van der Waals surface area contributed by atoms with E-state index in [0.29, 0.717) is 11.5 Å². The van der Waals surface area contributed by atoms with Crippen molar-refractivity contribution in [3.63, 3.8) is 0 Å². The zero-order chi connectivity index (χ0) is 17.4. The van der Waals surface area contributed by atoms with Crippen molar-refractivity contribution in [2.75, 3.05) is 33.4 Å². The number of nitrogens with zero attached hydrogens (tertiary/aromatic N) is 2. The van der Waals surface area contributed by atoms with Crippen LogP contribution in [0.3, 0.4) is 0 Å². The maximum absolute atomic E-state index is 12.5. The van der Waals surface area contributed by atoms with Gasteiger partial charge in [-0.2, -0.15) is 8.78 Å². The summed E-state index contributed by atoms with van der Waals surface area (Å²) in [5.41, 5.74) is 0.630. The Hall–Kier alpha value is -1.16. The standard InChI is InChI=1S/C17H25F2N3O2.HI/c1-3-20-17(22(2)11-13-8-9-23-12-13)21-10-14-6-4-5-7-15(14)24-16(18)19;/h4-7,13,16H,3,8-12H2,1-2H3,(H,20,21);1H. The minimum Gasteiger partial charge on any atom is -0.434 e. The molecule has 5 nitrogen and oxygen atoms in total. The van der Waals surface area contributed by atoms with Crippen molar-refractivity contribution < 1.29 is 18.3 Å². The summed E-state index contributed by atoms with van der Waals surface area (Å²) in [6, 6.07) is 6.73. The molecule has 1 heterocycles. The lowest BCUT2D eigenvalue weighted by Gasteiger charge is -2.24. The number of hydrogen-bond acceptors (Lipinski definition) is 3. The van der Waals surface area contributed by atoms with Gasteiger partial charge in [-0.25, -0.2) is 4.99 Å². The normalized spacial score (nSPS) is 17.3. The highest BCUT2D eigenvalue weighted by Crippen LogP contribution is 2.21. The number of hydrogen-bond donors (Lipinski definition) is 1. The van der Waals surface area contributed by atoms with E-state index >= 15 is 0 Å². The highest BCUT2D eigenvalue weighted by molar-refractivity contribution is 14.0. The molecule has 1 N–H and O–H groups in total. The Bertz CT molecular complexity index is 540. The number of nitrogens with one attached hydrogen (secondary N) is 1. The Balaban J connectivity index is 0.00000312. The van der Waals surface area contributed by atoms with Crippen LogP contribution in [0.15, 0.2) is 29.3 Å². The summed E-state index contributed by atoms with van der Waals surface area (Å²) in [7, 11) is 1.97. The minimum atomic E-state index is -2.84. The molecule has 0 aromatic heterocycles. The van der Waals surface area contributed by atoms with Gasteiger partial charge in [0.2, 0.25) is 0 Å². The summed E-state index contributed by atoms with van der Waals surface area (Å²) in [5, 5.41) is 3.23. The van der Waals surface area contributed by atoms with Gasteiger partial charge in [-0.05, 0) is 19.4 Å². The van der Waals surface area contributed by atoms with Gasteiger partial charge < -0.3 is 19.7 Å². The third-order valence-corrected chi connectivity index (χ3v) is 3.84. The van der Waals surface area contributed by atoms with Crippen LogP contribution in [-0.4, -0.2) is 50.8 Å². The van der Waals surface area contributed by atoms with Crippen molar-refractivity contribution >= 4 is 29.9 Å². The molecule has 1 saturated heterocycles. The summed E-state index contributed by atoms with van der Waals surface area (Å²) in [5.74, 6) is 1.41. The van der Waals surface area contributed by atoms with Crippen LogP contribution in [0.25, 0.3) is 0 Å². The molecule has 1 aliphatic rings. The topological polar surface area (TPSA) is 46.1 Å². The monoisotopic (exact) mass is 469 g/mol. The molecule has 25 heavy (non-hydrogen) atoms. The van der Waals surface area contributed by atoms with Crippen molar-refractivity contribution in [1.29, 1.82) is 0 Å². The molecule has 1 aromatic carbocycles. The number of alkyl halides is 2. The first-order valence-corrected chi connectivity index (χ1v) is 8.20. The molecule has 0 spiro atoms. The minimum absolute atomic E-state index is 0. The zero-order valence-electron chi connectivity index (χ0n) is 14.6. The number of guanidine groups is 1. The Kier molecular flexibility index (Phi) is 10.0. The Morgan fingerprint density at radius 2 is 2.20 bits per heavy atom. The van der Waals surface area contributed by atoms with Crippen molar-refractivity contribution in [3.8, 4) is 5.75 Å². The van der Waals surface area contributed by atoms with Gasteiger partial charge >= 0.3 is 6.61 Å². The van der Waals surface area contributed by atoms with E-state index < -0.39 is 6.61 Å². The highest BCUT2D eigenvalue weighted by Gasteiger charge is 2.19. The summed E-state index contributed by atoms with van der Waals surface area (Å²) in [6.07, 6.45) is 1.05. The first-order valence-electron chi connectivity index (χ1n) is 8.20. The van der Waals surface area contributed by atoms with Gasteiger partial charge in [-0.1, -0.05) is 18.2 Å². The smallest absolute Gasteiger partial charge is 0.387 e. The van der Waals surface area contributed by atoms with Crippen LogP contribution in [0, 0.1) is 5.92 Å². The molecule has 2 rings (SSSR count). The fraction of sp³-hybridized carbons (Fsp3) is 0.588. The maximum Gasteiger partial charge on any atom is 0.387 e. The van der Waals surface area contributed by atoms with E-state index in [1.165, 1.54) is 6.07 Å². The molecule has 0 amide bonds. The number of para-hydroxylation sites is 1. The number of benzene rings is 1. The Labute approximate surface area is 164 Å². The van der Waals surface area contributed by atoms with Crippen LogP contribution < -0.4 is 10.1 Å². The largest absolute Gasteiger partial charge is 0.434 e. The van der Waals surface area contributed by atoms with Crippen LogP contribution in [0.1, 0.15) is 18.9 Å². The van der Waals surface area contributed by atoms with Gasteiger partial charge in [-0.15, -0.1) is 24.0 Å². The maximum atomic E-state index is 12.5. The molecule has 142 valence electrons. The Morgan fingerprint density at radius 1 is 1.44 bits per heavy atom.